The summed E-state index contributed by atoms with van der Waals surface area (Å²) in [7, 11) is 0. The van der Waals surface area contributed by atoms with E-state index in [-0.39, 0.29) is 0 Å². The Labute approximate surface area is 158 Å². The van der Waals surface area contributed by atoms with Crippen molar-refractivity contribution in [3.63, 3.8) is 0 Å². The molecule has 0 saturated heterocycles. The summed E-state index contributed by atoms with van der Waals surface area (Å²) in [5, 5.41) is 1.20. The number of imidazole rings is 1. The second-order valence-electron chi connectivity index (χ2n) is 6.27. The predicted octanol–water partition coefficient (Wildman–Crippen LogP) is 5.39. The highest BCUT2D eigenvalue weighted by Gasteiger charge is 2.15. The van der Waals surface area contributed by atoms with Gasteiger partial charge in [-0.3, -0.25) is 0 Å². The predicted molar refractivity (Wildman–Crippen MR) is 108 cm³/mol. The molecule has 126 valence electrons. The Morgan fingerprint density at radius 2 is 1.77 bits per heavy atom. The number of hydrogen-bond donors (Lipinski definition) is 1. The molecule has 1 N–H and O–H groups in total. The summed E-state index contributed by atoms with van der Waals surface area (Å²) in [6.45, 7) is 0.790. The second kappa shape index (κ2) is 6.11. The Morgan fingerprint density at radius 3 is 2.65 bits per heavy atom. The van der Waals surface area contributed by atoms with Crippen molar-refractivity contribution in [2.45, 2.75) is 6.54 Å². The number of para-hydroxylation sites is 1. The molecule has 0 fully saturated rings. The van der Waals surface area contributed by atoms with Gasteiger partial charge in [0.1, 0.15) is 0 Å². The largest absolute Gasteiger partial charge is 0.335 e. The van der Waals surface area contributed by atoms with E-state index in [1.807, 2.05) is 12.1 Å². The van der Waals surface area contributed by atoms with Crippen molar-refractivity contribution in [2.24, 2.45) is 0 Å². The Balaban J connectivity index is 1.72. The van der Waals surface area contributed by atoms with Crippen LogP contribution in [0.1, 0.15) is 5.56 Å². The first-order chi connectivity index (χ1) is 12.8. The maximum absolute atomic E-state index is 4.71. The summed E-state index contributed by atoms with van der Waals surface area (Å²) in [4.78, 5) is 12.5. The van der Waals surface area contributed by atoms with E-state index in [9.17, 15) is 0 Å². The second-order valence-corrected chi connectivity index (χ2v) is 7.19. The third kappa shape index (κ3) is 2.61. The van der Waals surface area contributed by atoms with Crippen molar-refractivity contribution in [1.82, 2.24) is 19.5 Å². The number of nitrogens with zero attached hydrogens (tertiary/aromatic N) is 3. The van der Waals surface area contributed by atoms with Gasteiger partial charge in [-0.05, 0) is 39.7 Å². The number of aromatic nitrogens is 4. The van der Waals surface area contributed by atoms with Crippen LogP contribution >= 0.6 is 15.9 Å². The molecule has 0 amide bonds. The van der Waals surface area contributed by atoms with E-state index in [1.165, 1.54) is 16.5 Å². The molecule has 0 bridgehead atoms. The molecule has 5 rings (SSSR count). The highest BCUT2D eigenvalue weighted by Crippen LogP contribution is 2.29. The molecular weight excluding hydrogens is 388 g/mol. The smallest absolute Gasteiger partial charge is 0.178 e. The van der Waals surface area contributed by atoms with Crippen molar-refractivity contribution >= 4 is 38.0 Å². The van der Waals surface area contributed by atoms with Gasteiger partial charge in [0.2, 0.25) is 0 Å². The zero-order valence-electron chi connectivity index (χ0n) is 13.9. The number of nitrogens with one attached hydrogen (secondary N) is 1. The van der Waals surface area contributed by atoms with Crippen LogP contribution in [-0.2, 0) is 6.54 Å². The number of aromatic amines is 1. The zero-order chi connectivity index (χ0) is 17.5. The third-order valence-corrected chi connectivity index (χ3v) is 4.97. The molecule has 0 aliphatic carbocycles. The van der Waals surface area contributed by atoms with Crippen LogP contribution in [0.15, 0.2) is 77.4 Å². The van der Waals surface area contributed by atoms with Crippen molar-refractivity contribution in [3.05, 3.63) is 83.0 Å². The molecule has 5 aromatic rings. The number of rotatable bonds is 3. The molecule has 0 aliphatic heterocycles. The van der Waals surface area contributed by atoms with Crippen LogP contribution in [0.4, 0.5) is 0 Å². The molecule has 0 atom stereocenters. The first-order valence-corrected chi connectivity index (χ1v) is 9.21. The lowest BCUT2D eigenvalue weighted by atomic mass is 10.2. The van der Waals surface area contributed by atoms with Crippen LogP contribution in [0.2, 0.25) is 0 Å². The SMILES string of the molecule is Brc1cnc2nc(-c3cc4ccccc4n3Cc3ccccc3)[nH]c2c1. The van der Waals surface area contributed by atoms with E-state index in [0.717, 1.165) is 33.7 Å². The van der Waals surface area contributed by atoms with Gasteiger partial charge in [0.05, 0.1) is 11.2 Å². The van der Waals surface area contributed by atoms with Gasteiger partial charge in [0.15, 0.2) is 11.5 Å². The normalized spacial score (nSPS) is 11.4. The average molecular weight is 403 g/mol. The minimum absolute atomic E-state index is 0.722. The molecule has 3 heterocycles. The number of hydrogen-bond acceptors (Lipinski definition) is 2. The molecular formula is C21H15BrN4. The third-order valence-electron chi connectivity index (χ3n) is 4.54. The maximum atomic E-state index is 4.71. The van der Waals surface area contributed by atoms with Crippen LogP contribution in [0.5, 0.6) is 0 Å². The van der Waals surface area contributed by atoms with Crippen LogP contribution < -0.4 is 0 Å². The zero-order valence-corrected chi connectivity index (χ0v) is 15.4. The molecule has 0 saturated carbocycles. The fourth-order valence-electron chi connectivity index (χ4n) is 3.34. The lowest BCUT2D eigenvalue weighted by Gasteiger charge is -2.09. The van der Waals surface area contributed by atoms with Crippen molar-refractivity contribution in [3.8, 4) is 11.5 Å². The van der Waals surface area contributed by atoms with Crippen LogP contribution in [0, 0.1) is 0 Å². The van der Waals surface area contributed by atoms with E-state index in [1.54, 1.807) is 6.20 Å². The van der Waals surface area contributed by atoms with Crippen molar-refractivity contribution < 1.29 is 0 Å². The topological polar surface area (TPSA) is 46.5 Å². The summed E-state index contributed by atoms with van der Waals surface area (Å²) in [6.07, 6.45) is 1.77. The standard InChI is InChI=1S/C21H15BrN4/c22-16-11-17-20(23-12-16)25-21(24-17)19-10-15-8-4-5-9-18(15)26(19)13-14-6-2-1-3-7-14/h1-12H,13H2,(H,23,24,25). The van der Waals surface area contributed by atoms with Crippen molar-refractivity contribution in [1.29, 1.82) is 0 Å². The molecule has 2 aromatic carbocycles. The summed E-state index contributed by atoms with van der Waals surface area (Å²) < 4.78 is 3.24. The Morgan fingerprint density at radius 1 is 0.962 bits per heavy atom. The van der Waals surface area contributed by atoms with Gasteiger partial charge < -0.3 is 9.55 Å². The van der Waals surface area contributed by atoms with Gasteiger partial charge in [-0.1, -0.05) is 48.5 Å². The Hall–Kier alpha value is -2.92. The number of H-pyrrole nitrogens is 1. The molecule has 0 spiro atoms. The molecule has 3 aromatic heterocycles. The minimum atomic E-state index is 0.722. The van der Waals surface area contributed by atoms with Crippen LogP contribution in [0.3, 0.4) is 0 Å². The molecule has 4 nitrogen and oxygen atoms in total. The summed E-state index contributed by atoms with van der Waals surface area (Å²) in [6, 6.07) is 23.1. The maximum Gasteiger partial charge on any atom is 0.178 e. The van der Waals surface area contributed by atoms with E-state index < -0.39 is 0 Å². The van der Waals surface area contributed by atoms with E-state index >= 15 is 0 Å². The first-order valence-electron chi connectivity index (χ1n) is 8.42. The highest BCUT2D eigenvalue weighted by molar-refractivity contribution is 9.10. The first kappa shape index (κ1) is 15.3. The fourth-order valence-corrected chi connectivity index (χ4v) is 3.67. The molecule has 26 heavy (non-hydrogen) atoms. The minimum Gasteiger partial charge on any atom is -0.335 e. The van der Waals surface area contributed by atoms with Crippen molar-refractivity contribution in [2.75, 3.05) is 0 Å². The van der Waals surface area contributed by atoms with E-state index in [4.69, 9.17) is 4.98 Å². The van der Waals surface area contributed by atoms with Gasteiger partial charge in [-0.2, -0.15) is 0 Å². The molecule has 5 heteroatoms. The summed E-state index contributed by atoms with van der Waals surface area (Å²) in [5.74, 6) is 0.831. The number of halogens is 1. The van der Waals surface area contributed by atoms with Gasteiger partial charge in [0.25, 0.3) is 0 Å². The fraction of sp³-hybridized carbons (Fsp3) is 0.0476. The highest BCUT2D eigenvalue weighted by atomic mass is 79.9. The van der Waals surface area contributed by atoms with Gasteiger partial charge in [-0.25, -0.2) is 9.97 Å². The lowest BCUT2D eigenvalue weighted by Crippen LogP contribution is -2.02. The molecule has 0 aliphatic rings. The Kier molecular flexibility index (Phi) is 3.60. The number of pyridine rings is 1. The summed E-state index contributed by atoms with van der Waals surface area (Å²) >= 11 is 3.47. The van der Waals surface area contributed by atoms with Gasteiger partial charge >= 0.3 is 0 Å². The van der Waals surface area contributed by atoms with Gasteiger partial charge in [0, 0.05) is 28.1 Å². The monoisotopic (exact) mass is 402 g/mol. The molecule has 0 unspecified atom stereocenters. The average Bonchev–Trinajstić information content (AvgIpc) is 3.24. The van der Waals surface area contributed by atoms with Gasteiger partial charge in [-0.15, -0.1) is 0 Å². The molecule has 0 radical (unpaired) electrons. The lowest BCUT2D eigenvalue weighted by molar-refractivity contribution is 0.839. The quantitative estimate of drug-likeness (QED) is 0.439. The van der Waals surface area contributed by atoms with Crippen LogP contribution in [0.25, 0.3) is 33.6 Å². The van der Waals surface area contributed by atoms with E-state index in [0.29, 0.717) is 0 Å². The van der Waals surface area contributed by atoms with Crippen LogP contribution in [-0.4, -0.2) is 19.5 Å². The van der Waals surface area contributed by atoms with E-state index in [2.05, 4.69) is 85.1 Å². The summed E-state index contributed by atoms with van der Waals surface area (Å²) in [5.41, 5.74) is 5.16. The number of benzene rings is 2. The number of fused-ring (bicyclic) bond motifs is 2. The Bertz CT molecular complexity index is 1220.